The number of hydrogen-bond donors (Lipinski definition) is 1. The maximum Gasteiger partial charge on any atom is 0.263 e. The van der Waals surface area contributed by atoms with E-state index in [9.17, 15) is 18.0 Å². The molecule has 1 aliphatic heterocycles. The molecule has 174 valence electrons. The van der Waals surface area contributed by atoms with Gasteiger partial charge in [-0.1, -0.05) is 13.3 Å². The molecular formula is C22H31N5O4S. The van der Waals surface area contributed by atoms with Crippen LogP contribution < -0.4 is 10.9 Å². The average molecular weight is 462 g/mol. The van der Waals surface area contributed by atoms with Crippen molar-refractivity contribution >= 4 is 32.8 Å². The maximum atomic E-state index is 13.4. The number of piperidine rings is 1. The number of carbonyl (C=O) groups is 1. The SMILES string of the molecule is CC(=O)c1c(C)c2cnc(NC3CCN(S(C)(=O)=O)CC3)nc2n([C@@H]2CCC[C@@H]2C)c1=O. The monoisotopic (exact) mass is 461 g/mol. The van der Waals surface area contributed by atoms with Crippen molar-refractivity contribution in [3.63, 3.8) is 0 Å². The van der Waals surface area contributed by atoms with E-state index in [1.165, 1.54) is 17.5 Å². The quantitative estimate of drug-likeness (QED) is 0.681. The molecule has 32 heavy (non-hydrogen) atoms. The number of sulfonamides is 1. The van der Waals surface area contributed by atoms with E-state index in [0.717, 1.165) is 19.3 Å². The summed E-state index contributed by atoms with van der Waals surface area (Å²) in [5.74, 6) is 0.503. The Labute approximate surface area is 188 Å². The van der Waals surface area contributed by atoms with Crippen molar-refractivity contribution in [2.24, 2.45) is 5.92 Å². The first-order chi connectivity index (χ1) is 15.1. The number of Topliss-reactive ketones (excluding diaryl/α,β-unsaturated/α-hetero) is 1. The molecule has 2 atom stereocenters. The summed E-state index contributed by atoms with van der Waals surface area (Å²) in [6, 6.07) is 0.0538. The molecule has 4 rings (SSSR count). The zero-order valence-corrected chi connectivity index (χ0v) is 19.9. The second-order valence-corrected chi connectivity index (χ2v) is 11.2. The van der Waals surface area contributed by atoms with Gasteiger partial charge in [0, 0.05) is 36.8 Å². The molecule has 1 saturated heterocycles. The van der Waals surface area contributed by atoms with E-state index in [0.29, 0.717) is 54.4 Å². The van der Waals surface area contributed by atoms with Crippen molar-refractivity contribution in [1.29, 1.82) is 0 Å². The Bertz CT molecular complexity index is 1220. The molecule has 0 bridgehead atoms. The topological polar surface area (TPSA) is 114 Å². The molecule has 2 fully saturated rings. The molecule has 1 N–H and O–H groups in total. The van der Waals surface area contributed by atoms with Crippen LogP contribution in [-0.4, -0.2) is 58.4 Å². The third-order valence-corrected chi connectivity index (χ3v) is 8.27. The Hall–Kier alpha value is -2.33. The summed E-state index contributed by atoms with van der Waals surface area (Å²) in [5.41, 5.74) is 1.12. The lowest BCUT2D eigenvalue weighted by Crippen LogP contribution is -2.42. The predicted octanol–water partition coefficient (Wildman–Crippen LogP) is 2.50. The van der Waals surface area contributed by atoms with Crippen LogP contribution >= 0.6 is 0 Å². The molecule has 0 spiro atoms. The summed E-state index contributed by atoms with van der Waals surface area (Å²) >= 11 is 0. The number of nitrogens with one attached hydrogen (secondary N) is 1. The first kappa shape index (κ1) is 22.8. The first-order valence-corrected chi connectivity index (χ1v) is 13.1. The van der Waals surface area contributed by atoms with Crippen LogP contribution in [0.15, 0.2) is 11.0 Å². The highest BCUT2D eigenvalue weighted by molar-refractivity contribution is 7.88. The van der Waals surface area contributed by atoms with Gasteiger partial charge in [0.1, 0.15) is 5.65 Å². The van der Waals surface area contributed by atoms with E-state index in [4.69, 9.17) is 4.98 Å². The van der Waals surface area contributed by atoms with Crippen LogP contribution in [0.25, 0.3) is 11.0 Å². The molecule has 0 amide bonds. The van der Waals surface area contributed by atoms with Gasteiger partial charge in [0.25, 0.3) is 5.56 Å². The summed E-state index contributed by atoms with van der Waals surface area (Å²) in [6.07, 6.45) is 7.19. The fraction of sp³-hybridized carbons (Fsp3) is 0.636. The maximum absolute atomic E-state index is 13.4. The van der Waals surface area contributed by atoms with E-state index in [2.05, 4.69) is 17.2 Å². The van der Waals surface area contributed by atoms with Gasteiger partial charge in [-0.3, -0.25) is 14.2 Å². The average Bonchev–Trinajstić information content (AvgIpc) is 3.13. The third kappa shape index (κ3) is 4.17. The van der Waals surface area contributed by atoms with Gasteiger partial charge in [-0.15, -0.1) is 0 Å². The van der Waals surface area contributed by atoms with Gasteiger partial charge in [-0.25, -0.2) is 17.7 Å². The second kappa shape index (κ2) is 8.55. The van der Waals surface area contributed by atoms with Gasteiger partial charge in [0.15, 0.2) is 5.78 Å². The van der Waals surface area contributed by atoms with Crippen LogP contribution in [0, 0.1) is 12.8 Å². The summed E-state index contributed by atoms with van der Waals surface area (Å²) in [7, 11) is -3.18. The minimum atomic E-state index is -3.18. The number of ketones is 1. The molecule has 2 aromatic heterocycles. The standard InChI is InChI=1S/C22H31N5O4S/c1-13-6-5-7-18(13)27-20-17(14(2)19(15(3)28)21(27)29)12-23-22(25-20)24-16-8-10-26(11-9-16)32(4,30)31/h12-13,16,18H,5-11H2,1-4H3,(H,23,24,25)/t13-,18+/m0/s1. The molecular weight excluding hydrogens is 430 g/mol. The summed E-state index contributed by atoms with van der Waals surface area (Å²) in [5, 5.41) is 4.04. The van der Waals surface area contributed by atoms with Gasteiger partial charge in [0.05, 0.1) is 11.8 Å². The Balaban J connectivity index is 1.72. The Kier molecular flexibility index (Phi) is 6.10. The van der Waals surface area contributed by atoms with Crippen LogP contribution in [0.2, 0.25) is 0 Å². The fourth-order valence-corrected chi connectivity index (χ4v) is 6.02. The lowest BCUT2D eigenvalue weighted by atomic mass is 10.0. The fourth-order valence-electron chi connectivity index (χ4n) is 5.15. The van der Waals surface area contributed by atoms with E-state index in [1.807, 2.05) is 0 Å². The molecule has 0 aromatic carbocycles. The Morgan fingerprint density at radius 3 is 2.44 bits per heavy atom. The number of fused-ring (bicyclic) bond motifs is 1. The van der Waals surface area contributed by atoms with E-state index < -0.39 is 10.0 Å². The van der Waals surface area contributed by atoms with Gasteiger partial charge in [0.2, 0.25) is 16.0 Å². The zero-order valence-electron chi connectivity index (χ0n) is 19.1. The number of aryl methyl sites for hydroxylation is 1. The lowest BCUT2D eigenvalue weighted by Gasteiger charge is -2.30. The molecule has 9 nitrogen and oxygen atoms in total. The smallest absolute Gasteiger partial charge is 0.263 e. The number of anilines is 1. The van der Waals surface area contributed by atoms with E-state index in [-0.39, 0.29) is 29.0 Å². The summed E-state index contributed by atoms with van der Waals surface area (Å²) in [6.45, 7) is 6.25. The zero-order chi connectivity index (χ0) is 23.2. The van der Waals surface area contributed by atoms with Crippen LogP contribution in [0.3, 0.4) is 0 Å². The van der Waals surface area contributed by atoms with Crippen molar-refractivity contribution in [1.82, 2.24) is 18.8 Å². The van der Waals surface area contributed by atoms with E-state index in [1.54, 1.807) is 17.7 Å². The van der Waals surface area contributed by atoms with Crippen LogP contribution in [0.1, 0.15) is 67.9 Å². The highest BCUT2D eigenvalue weighted by Crippen LogP contribution is 2.36. The van der Waals surface area contributed by atoms with Crippen molar-refractivity contribution in [2.45, 2.75) is 65.0 Å². The van der Waals surface area contributed by atoms with E-state index >= 15 is 0 Å². The number of nitrogens with zero attached hydrogens (tertiary/aromatic N) is 4. The molecule has 2 aromatic rings. The normalized spacial score (nSPS) is 23.0. The number of aromatic nitrogens is 3. The third-order valence-electron chi connectivity index (χ3n) is 6.96. The number of hydrogen-bond acceptors (Lipinski definition) is 7. The highest BCUT2D eigenvalue weighted by Gasteiger charge is 2.31. The second-order valence-electron chi connectivity index (χ2n) is 9.22. The molecule has 2 aliphatic rings. The predicted molar refractivity (Wildman–Crippen MR) is 124 cm³/mol. The van der Waals surface area contributed by atoms with Gasteiger partial charge in [-0.2, -0.15) is 4.98 Å². The van der Waals surface area contributed by atoms with Gasteiger partial charge in [-0.05, 0) is 51.0 Å². The van der Waals surface area contributed by atoms with Gasteiger partial charge >= 0.3 is 0 Å². The van der Waals surface area contributed by atoms with Crippen LogP contribution in [0.5, 0.6) is 0 Å². The number of pyridine rings is 1. The van der Waals surface area contributed by atoms with Crippen molar-refractivity contribution in [3.8, 4) is 0 Å². The molecule has 3 heterocycles. The van der Waals surface area contributed by atoms with Crippen LogP contribution in [0.4, 0.5) is 5.95 Å². The Morgan fingerprint density at radius 2 is 1.88 bits per heavy atom. The Morgan fingerprint density at radius 1 is 1.19 bits per heavy atom. The molecule has 1 saturated carbocycles. The first-order valence-electron chi connectivity index (χ1n) is 11.2. The van der Waals surface area contributed by atoms with Crippen molar-refractivity contribution in [2.75, 3.05) is 24.7 Å². The van der Waals surface area contributed by atoms with Crippen molar-refractivity contribution in [3.05, 3.63) is 27.7 Å². The number of carbonyl (C=O) groups excluding carboxylic acids is 1. The molecule has 1 aliphatic carbocycles. The molecule has 0 radical (unpaired) electrons. The molecule has 10 heteroatoms. The van der Waals surface area contributed by atoms with Crippen molar-refractivity contribution < 1.29 is 13.2 Å². The molecule has 0 unspecified atom stereocenters. The summed E-state index contributed by atoms with van der Waals surface area (Å²) < 4.78 is 26.7. The number of rotatable bonds is 5. The summed E-state index contributed by atoms with van der Waals surface area (Å²) in [4.78, 5) is 34.9. The lowest BCUT2D eigenvalue weighted by molar-refractivity contribution is 0.101. The largest absolute Gasteiger partial charge is 0.351 e. The van der Waals surface area contributed by atoms with Gasteiger partial charge < -0.3 is 5.32 Å². The minimum absolute atomic E-state index is 0.00412. The highest BCUT2D eigenvalue weighted by atomic mass is 32.2. The minimum Gasteiger partial charge on any atom is -0.351 e. The van der Waals surface area contributed by atoms with Crippen LogP contribution in [-0.2, 0) is 10.0 Å².